The Morgan fingerprint density at radius 2 is 1.12 bits per heavy atom. The molecule has 0 amide bonds. The number of rotatable bonds is 4. The molecule has 2 nitrogen and oxygen atoms in total. The quantitative estimate of drug-likeness (QED) is 0.191. The largest absolute Gasteiger partial charge is 0.457 e. The second-order valence-corrected chi connectivity index (χ2v) is 17.7. The average Bonchev–Trinajstić information content (AvgIpc) is 3.12. The smallest absolute Gasteiger partial charge is 0.132 e. The zero-order valence-corrected chi connectivity index (χ0v) is 30.1. The summed E-state index contributed by atoms with van der Waals surface area (Å²) in [5, 5.41) is 0. The molecule has 6 aliphatic rings. The number of fused-ring (bicyclic) bond motifs is 3. The standard InChI is InChI=1S/C48H49NO/c1-46(2)23-24-47(3,4)42-30-38(21-22-40(42)46)49(36-11-6-5-7-12-36)37-19-17-33(18-20-37)39-13-10-16-44-45(39)48(41-14-8-9-15-43(41)50-44)34-26-31-25-32(28-34)29-35(48)27-31/h5-22,30-32,34-35H,23-29H2,1-4H3. The highest BCUT2D eigenvalue weighted by atomic mass is 16.5. The molecule has 4 bridgehead atoms. The van der Waals surface area contributed by atoms with E-state index < -0.39 is 0 Å². The molecule has 5 aliphatic carbocycles. The van der Waals surface area contributed by atoms with Crippen molar-refractivity contribution in [2.75, 3.05) is 4.90 Å². The molecular formula is C48H49NO. The van der Waals surface area contributed by atoms with Crippen LogP contribution in [-0.2, 0) is 16.2 Å². The third-order valence-corrected chi connectivity index (χ3v) is 14.0. The molecule has 252 valence electrons. The van der Waals surface area contributed by atoms with Crippen molar-refractivity contribution in [2.24, 2.45) is 23.7 Å². The molecule has 0 saturated heterocycles. The number of hydrogen-bond donors (Lipinski definition) is 0. The van der Waals surface area contributed by atoms with Crippen molar-refractivity contribution < 1.29 is 4.74 Å². The van der Waals surface area contributed by atoms with Crippen molar-refractivity contribution in [2.45, 2.75) is 88.9 Å². The van der Waals surface area contributed by atoms with Crippen LogP contribution in [-0.4, -0.2) is 0 Å². The monoisotopic (exact) mass is 655 g/mol. The Balaban J connectivity index is 1.10. The Bertz CT molecular complexity index is 2080. The number of anilines is 3. The van der Waals surface area contributed by atoms with E-state index in [0.29, 0.717) is 11.8 Å². The predicted molar refractivity (Wildman–Crippen MR) is 206 cm³/mol. The van der Waals surface area contributed by atoms with E-state index in [9.17, 15) is 0 Å². The summed E-state index contributed by atoms with van der Waals surface area (Å²) >= 11 is 0. The van der Waals surface area contributed by atoms with Gasteiger partial charge >= 0.3 is 0 Å². The first kappa shape index (κ1) is 30.5. The van der Waals surface area contributed by atoms with Crippen molar-refractivity contribution in [1.29, 1.82) is 0 Å². The molecule has 1 heterocycles. The van der Waals surface area contributed by atoms with Crippen LogP contribution in [0.25, 0.3) is 11.1 Å². The Morgan fingerprint density at radius 1 is 0.520 bits per heavy atom. The van der Waals surface area contributed by atoms with Gasteiger partial charge in [-0.2, -0.15) is 0 Å². The van der Waals surface area contributed by atoms with Gasteiger partial charge in [-0.3, -0.25) is 0 Å². The minimum absolute atomic E-state index is 0.0205. The van der Waals surface area contributed by atoms with Gasteiger partial charge < -0.3 is 9.64 Å². The third kappa shape index (κ3) is 4.39. The summed E-state index contributed by atoms with van der Waals surface area (Å²) in [5.41, 5.74) is 12.5. The molecule has 11 rings (SSSR count). The van der Waals surface area contributed by atoms with Gasteiger partial charge in [0.1, 0.15) is 11.5 Å². The summed E-state index contributed by atoms with van der Waals surface area (Å²) in [6, 6.07) is 43.4. The average molecular weight is 656 g/mol. The molecule has 0 unspecified atom stereocenters. The lowest BCUT2D eigenvalue weighted by Gasteiger charge is -2.63. The molecule has 4 fully saturated rings. The fraction of sp³-hybridized carbons (Fsp3) is 0.375. The minimum Gasteiger partial charge on any atom is -0.457 e. The Hall–Kier alpha value is -4.30. The molecule has 4 saturated carbocycles. The molecule has 0 N–H and O–H groups in total. The van der Waals surface area contributed by atoms with Crippen LogP contribution in [0.5, 0.6) is 11.5 Å². The van der Waals surface area contributed by atoms with Gasteiger partial charge in [0.2, 0.25) is 0 Å². The number of para-hydroxylation sites is 2. The van der Waals surface area contributed by atoms with E-state index in [4.69, 9.17) is 4.74 Å². The fourth-order valence-electron chi connectivity index (χ4n) is 11.7. The van der Waals surface area contributed by atoms with E-state index in [-0.39, 0.29) is 16.2 Å². The number of ether oxygens (including phenoxy) is 1. The van der Waals surface area contributed by atoms with Crippen molar-refractivity contribution in [3.8, 4) is 22.6 Å². The van der Waals surface area contributed by atoms with Crippen LogP contribution < -0.4 is 9.64 Å². The minimum atomic E-state index is 0.0205. The summed E-state index contributed by atoms with van der Waals surface area (Å²) in [6.45, 7) is 9.67. The van der Waals surface area contributed by atoms with Crippen molar-refractivity contribution in [1.82, 2.24) is 0 Å². The summed E-state index contributed by atoms with van der Waals surface area (Å²) in [7, 11) is 0. The summed E-state index contributed by atoms with van der Waals surface area (Å²) < 4.78 is 6.82. The maximum atomic E-state index is 6.82. The van der Waals surface area contributed by atoms with E-state index >= 15 is 0 Å². The maximum absolute atomic E-state index is 6.82. The molecule has 5 aromatic carbocycles. The molecule has 1 spiro atoms. The molecule has 2 heteroatoms. The van der Waals surface area contributed by atoms with Gasteiger partial charge in [0, 0.05) is 33.6 Å². The third-order valence-electron chi connectivity index (χ3n) is 14.0. The first-order chi connectivity index (χ1) is 24.2. The molecule has 5 aromatic rings. The van der Waals surface area contributed by atoms with Crippen LogP contribution in [0, 0.1) is 23.7 Å². The van der Waals surface area contributed by atoms with Gasteiger partial charge in [-0.15, -0.1) is 0 Å². The van der Waals surface area contributed by atoms with E-state index in [1.54, 1.807) is 0 Å². The number of hydrogen-bond acceptors (Lipinski definition) is 2. The highest BCUT2D eigenvalue weighted by Crippen LogP contribution is 2.69. The second-order valence-electron chi connectivity index (χ2n) is 17.7. The highest BCUT2D eigenvalue weighted by Gasteiger charge is 2.61. The lowest BCUT2D eigenvalue weighted by Crippen LogP contribution is -2.57. The van der Waals surface area contributed by atoms with E-state index in [2.05, 4.69) is 148 Å². The summed E-state index contributed by atoms with van der Waals surface area (Å²) in [6.07, 6.45) is 9.30. The van der Waals surface area contributed by atoms with Gasteiger partial charge in [0.15, 0.2) is 0 Å². The maximum Gasteiger partial charge on any atom is 0.132 e. The fourth-order valence-corrected chi connectivity index (χ4v) is 11.7. The normalized spacial score (nSPS) is 27.6. The number of nitrogens with zero attached hydrogens (tertiary/aromatic N) is 1. The topological polar surface area (TPSA) is 12.5 Å². The Morgan fingerprint density at radius 3 is 1.84 bits per heavy atom. The zero-order chi connectivity index (χ0) is 33.8. The molecule has 50 heavy (non-hydrogen) atoms. The van der Waals surface area contributed by atoms with Gasteiger partial charge in [-0.25, -0.2) is 0 Å². The Kier molecular flexibility index (Phi) is 6.62. The molecule has 0 radical (unpaired) electrons. The van der Waals surface area contributed by atoms with Crippen LogP contribution >= 0.6 is 0 Å². The molecule has 1 aliphatic heterocycles. The van der Waals surface area contributed by atoms with E-state index in [1.165, 1.54) is 95.4 Å². The van der Waals surface area contributed by atoms with Crippen molar-refractivity contribution in [3.05, 3.63) is 138 Å². The van der Waals surface area contributed by atoms with E-state index in [1.807, 2.05) is 0 Å². The molecule has 0 atom stereocenters. The first-order valence-corrected chi connectivity index (χ1v) is 19.2. The van der Waals surface area contributed by atoms with Gasteiger partial charge in [0.25, 0.3) is 0 Å². The lowest BCUT2D eigenvalue weighted by atomic mass is 9.41. The SMILES string of the molecule is CC1(C)CCC(C)(C)c2cc(N(c3ccccc3)c3ccc(-c4cccc5c4C4(c6ccccc6O5)C5CC6CC(C5)CC4C6)cc3)ccc21. The molecule has 0 aromatic heterocycles. The van der Waals surface area contributed by atoms with Crippen LogP contribution in [0.4, 0.5) is 17.1 Å². The van der Waals surface area contributed by atoms with Crippen molar-refractivity contribution in [3.63, 3.8) is 0 Å². The number of benzene rings is 5. The van der Waals surface area contributed by atoms with E-state index in [0.717, 1.165) is 23.3 Å². The van der Waals surface area contributed by atoms with Crippen LogP contribution in [0.1, 0.15) is 94.9 Å². The van der Waals surface area contributed by atoms with Crippen LogP contribution in [0.2, 0.25) is 0 Å². The van der Waals surface area contributed by atoms with Gasteiger partial charge in [0.05, 0.1) is 0 Å². The molecular weight excluding hydrogens is 607 g/mol. The second kappa shape index (κ2) is 10.8. The first-order valence-electron chi connectivity index (χ1n) is 19.2. The van der Waals surface area contributed by atoms with Gasteiger partial charge in [-0.05, 0) is 150 Å². The highest BCUT2D eigenvalue weighted by molar-refractivity contribution is 5.81. The van der Waals surface area contributed by atoms with Crippen LogP contribution in [0.3, 0.4) is 0 Å². The summed E-state index contributed by atoms with van der Waals surface area (Å²) in [5.74, 6) is 5.30. The zero-order valence-electron chi connectivity index (χ0n) is 30.1. The Labute approximate surface area is 298 Å². The predicted octanol–water partition coefficient (Wildman–Crippen LogP) is 13.0. The lowest BCUT2D eigenvalue weighted by molar-refractivity contribution is -0.0449. The van der Waals surface area contributed by atoms with Crippen LogP contribution in [0.15, 0.2) is 115 Å². The summed E-state index contributed by atoms with van der Waals surface area (Å²) in [4.78, 5) is 2.45. The van der Waals surface area contributed by atoms with Crippen molar-refractivity contribution >= 4 is 17.1 Å². The van der Waals surface area contributed by atoms with Gasteiger partial charge in [-0.1, -0.05) is 94.4 Å².